The van der Waals surface area contributed by atoms with E-state index >= 15 is 0 Å². The monoisotopic (exact) mass is 411 g/mol. The molecule has 0 radical (unpaired) electrons. The standard InChI is InChI=1S/C23H29N3O4/c1-3-28-23(27)20-16(2)30-22(25)19(15-24)21(20)17-8-7-9-18(14-17)29-13-12-26-10-5-4-6-11-26/h7-9,14,21H,3-6,10-13,25H2,1-2H3. The van der Waals surface area contributed by atoms with Crippen LogP contribution in [0.2, 0.25) is 0 Å². The van der Waals surface area contributed by atoms with Gasteiger partial charge in [-0.25, -0.2) is 4.79 Å². The molecular formula is C23H29N3O4. The first kappa shape index (κ1) is 21.7. The largest absolute Gasteiger partial charge is 0.492 e. The van der Waals surface area contributed by atoms with E-state index in [0.29, 0.717) is 18.1 Å². The van der Waals surface area contributed by atoms with Crippen LogP contribution in [0.25, 0.3) is 0 Å². The minimum Gasteiger partial charge on any atom is -0.492 e. The highest BCUT2D eigenvalue weighted by Gasteiger charge is 2.36. The van der Waals surface area contributed by atoms with Gasteiger partial charge in [-0.05, 0) is 57.5 Å². The molecule has 2 aliphatic rings. The van der Waals surface area contributed by atoms with Crippen LogP contribution < -0.4 is 10.5 Å². The summed E-state index contributed by atoms with van der Waals surface area (Å²) in [5.74, 6) is -0.145. The molecule has 0 amide bonds. The molecule has 7 nitrogen and oxygen atoms in total. The molecule has 0 aromatic heterocycles. The fraction of sp³-hybridized carbons (Fsp3) is 0.478. The molecule has 0 aliphatic carbocycles. The van der Waals surface area contributed by atoms with E-state index in [1.807, 2.05) is 24.3 Å². The molecule has 30 heavy (non-hydrogen) atoms. The van der Waals surface area contributed by atoms with Gasteiger partial charge in [0.15, 0.2) is 0 Å². The van der Waals surface area contributed by atoms with E-state index in [1.165, 1.54) is 19.3 Å². The molecule has 0 saturated carbocycles. The lowest BCUT2D eigenvalue weighted by atomic mass is 9.83. The van der Waals surface area contributed by atoms with Crippen LogP contribution in [0.1, 0.15) is 44.6 Å². The molecule has 1 fully saturated rings. The van der Waals surface area contributed by atoms with Crippen LogP contribution in [0.4, 0.5) is 0 Å². The van der Waals surface area contributed by atoms with E-state index in [1.54, 1.807) is 13.8 Å². The molecule has 2 aliphatic heterocycles. The second kappa shape index (κ2) is 10.2. The lowest BCUT2D eigenvalue weighted by molar-refractivity contribution is -0.139. The minimum absolute atomic E-state index is 0.00414. The highest BCUT2D eigenvalue weighted by atomic mass is 16.5. The number of likely N-dealkylation sites (tertiary alicyclic amines) is 1. The Morgan fingerprint density at radius 3 is 2.80 bits per heavy atom. The van der Waals surface area contributed by atoms with Crippen molar-refractivity contribution in [2.45, 2.75) is 39.0 Å². The zero-order chi connectivity index (χ0) is 21.5. The Morgan fingerprint density at radius 2 is 2.10 bits per heavy atom. The van der Waals surface area contributed by atoms with Gasteiger partial charge in [-0.15, -0.1) is 0 Å². The fourth-order valence-corrected chi connectivity index (χ4v) is 3.95. The van der Waals surface area contributed by atoms with Crippen molar-refractivity contribution in [2.75, 3.05) is 32.8 Å². The van der Waals surface area contributed by atoms with Crippen LogP contribution >= 0.6 is 0 Å². The van der Waals surface area contributed by atoms with E-state index in [2.05, 4.69) is 11.0 Å². The van der Waals surface area contributed by atoms with Crippen LogP contribution in [0.15, 0.2) is 47.1 Å². The zero-order valence-corrected chi connectivity index (χ0v) is 17.6. The van der Waals surface area contributed by atoms with Crippen LogP contribution in [0.3, 0.4) is 0 Å². The Hall–Kier alpha value is -2.98. The third-order valence-electron chi connectivity index (χ3n) is 5.42. The summed E-state index contributed by atoms with van der Waals surface area (Å²) in [5, 5.41) is 9.68. The van der Waals surface area contributed by atoms with Crippen molar-refractivity contribution in [1.29, 1.82) is 5.26 Å². The fourth-order valence-electron chi connectivity index (χ4n) is 3.95. The predicted molar refractivity (Wildman–Crippen MR) is 112 cm³/mol. The van der Waals surface area contributed by atoms with Crippen molar-refractivity contribution in [1.82, 2.24) is 4.90 Å². The number of esters is 1. The number of nitrogens with zero attached hydrogens (tertiary/aromatic N) is 2. The van der Waals surface area contributed by atoms with Gasteiger partial charge in [0.2, 0.25) is 5.88 Å². The smallest absolute Gasteiger partial charge is 0.338 e. The number of ether oxygens (including phenoxy) is 3. The number of carbonyl (C=O) groups is 1. The molecule has 1 unspecified atom stereocenters. The normalized spacial score (nSPS) is 19.8. The van der Waals surface area contributed by atoms with E-state index < -0.39 is 11.9 Å². The molecule has 2 heterocycles. The van der Waals surface area contributed by atoms with Crippen LogP contribution in [0.5, 0.6) is 5.75 Å². The third kappa shape index (κ3) is 4.95. The Labute approximate surface area is 177 Å². The highest BCUT2D eigenvalue weighted by molar-refractivity contribution is 5.92. The van der Waals surface area contributed by atoms with Crippen molar-refractivity contribution >= 4 is 5.97 Å². The van der Waals surface area contributed by atoms with Crippen LogP contribution in [-0.2, 0) is 14.3 Å². The summed E-state index contributed by atoms with van der Waals surface area (Å²) >= 11 is 0. The number of piperidine rings is 1. The van der Waals surface area contributed by atoms with Gasteiger partial charge in [-0.2, -0.15) is 5.26 Å². The summed E-state index contributed by atoms with van der Waals surface area (Å²) in [5.41, 5.74) is 7.16. The first-order valence-electron chi connectivity index (χ1n) is 10.5. The van der Waals surface area contributed by atoms with E-state index in [-0.39, 0.29) is 23.6 Å². The maximum atomic E-state index is 12.6. The number of rotatable bonds is 7. The molecule has 1 aromatic rings. The van der Waals surface area contributed by atoms with Gasteiger partial charge in [-0.3, -0.25) is 4.90 Å². The number of carbonyl (C=O) groups excluding carboxylic acids is 1. The lowest BCUT2D eigenvalue weighted by Gasteiger charge is -2.27. The van der Waals surface area contributed by atoms with Gasteiger partial charge in [-0.1, -0.05) is 18.6 Å². The molecule has 0 spiro atoms. The van der Waals surface area contributed by atoms with Gasteiger partial charge >= 0.3 is 5.97 Å². The number of hydrogen-bond donors (Lipinski definition) is 1. The molecule has 0 bridgehead atoms. The lowest BCUT2D eigenvalue weighted by Crippen LogP contribution is -2.33. The molecule has 1 atom stereocenters. The van der Waals surface area contributed by atoms with Crippen molar-refractivity contribution in [2.24, 2.45) is 5.73 Å². The minimum atomic E-state index is -0.659. The molecule has 1 aromatic carbocycles. The zero-order valence-electron chi connectivity index (χ0n) is 17.6. The third-order valence-corrected chi connectivity index (χ3v) is 5.42. The number of nitriles is 1. The summed E-state index contributed by atoms with van der Waals surface area (Å²) in [4.78, 5) is 15.0. The Balaban J connectivity index is 1.82. The van der Waals surface area contributed by atoms with Crippen molar-refractivity contribution in [3.63, 3.8) is 0 Å². The topological polar surface area (TPSA) is 97.8 Å². The Kier molecular flexibility index (Phi) is 7.36. The van der Waals surface area contributed by atoms with Gasteiger partial charge in [0.1, 0.15) is 29.8 Å². The van der Waals surface area contributed by atoms with Crippen molar-refractivity contribution < 1.29 is 19.0 Å². The van der Waals surface area contributed by atoms with Gasteiger partial charge in [0.25, 0.3) is 0 Å². The highest BCUT2D eigenvalue weighted by Crippen LogP contribution is 2.40. The Bertz CT molecular complexity index is 879. The number of benzene rings is 1. The average molecular weight is 412 g/mol. The van der Waals surface area contributed by atoms with Crippen molar-refractivity contribution in [3.05, 3.63) is 52.6 Å². The first-order chi connectivity index (χ1) is 14.5. The first-order valence-corrected chi connectivity index (χ1v) is 10.5. The molecule has 3 rings (SSSR count). The quantitative estimate of drug-likeness (QED) is 0.688. The SMILES string of the molecule is CCOC(=O)C1=C(C)OC(N)=C(C#N)C1c1cccc(OCCN2CCCCC2)c1. The number of nitrogens with two attached hydrogens (primary N) is 1. The van der Waals surface area contributed by atoms with Crippen LogP contribution in [-0.4, -0.2) is 43.7 Å². The van der Waals surface area contributed by atoms with E-state index in [9.17, 15) is 10.1 Å². The molecule has 160 valence electrons. The summed E-state index contributed by atoms with van der Waals surface area (Å²) in [6, 6.07) is 9.52. The average Bonchev–Trinajstić information content (AvgIpc) is 2.74. The van der Waals surface area contributed by atoms with Gasteiger partial charge in [0, 0.05) is 6.54 Å². The van der Waals surface area contributed by atoms with Gasteiger partial charge in [0.05, 0.1) is 18.1 Å². The number of allylic oxidation sites excluding steroid dienone is 2. The molecule has 2 N–H and O–H groups in total. The second-order valence-corrected chi connectivity index (χ2v) is 7.44. The molecule has 1 saturated heterocycles. The molecule has 7 heteroatoms. The summed E-state index contributed by atoms with van der Waals surface area (Å²) in [6.07, 6.45) is 3.79. The predicted octanol–water partition coefficient (Wildman–Crippen LogP) is 3.20. The maximum Gasteiger partial charge on any atom is 0.338 e. The second-order valence-electron chi connectivity index (χ2n) is 7.44. The number of hydrogen-bond acceptors (Lipinski definition) is 7. The van der Waals surface area contributed by atoms with E-state index in [0.717, 1.165) is 25.2 Å². The summed E-state index contributed by atoms with van der Waals surface area (Å²) < 4.78 is 16.6. The summed E-state index contributed by atoms with van der Waals surface area (Å²) in [6.45, 7) is 7.31. The van der Waals surface area contributed by atoms with Gasteiger partial charge < -0.3 is 19.9 Å². The van der Waals surface area contributed by atoms with Crippen molar-refractivity contribution in [3.8, 4) is 11.8 Å². The molecular weight excluding hydrogens is 382 g/mol. The Morgan fingerprint density at radius 1 is 1.33 bits per heavy atom. The summed E-state index contributed by atoms with van der Waals surface area (Å²) in [7, 11) is 0. The van der Waals surface area contributed by atoms with Crippen LogP contribution in [0, 0.1) is 11.3 Å². The maximum absolute atomic E-state index is 12.6. The van der Waals surface area contributed by atoms with E-state index in [4.69, 9.17) is 19.9 Å².